The summed E-state index contributed by atoms with van der Waals surface area (Å²) in [5, 5.41) is 0. The Bertz CT molecular complexity index is 473. The van der Waals surface area contributed by atoms with Gasteiger partial charge >= 0.3 is 36.1 Å². The molecule has 25 heavy (non-hydrogen) atoms. The highest BCUT2D eigenvalue weighted by atomic mass is 19.3. The first-order chi connectivity index (χ1) is 10.8. The van der Waals surface area contributed by atoms with Crippen LogP contribution < -0.4 is 0 Å². The quantitative estimate of drug-likeness (QED) is 0.399. The van der Waals surface area contributed by atoms with Crippen LogP contribution in [0, 0.1) is 5.41 Å². The summed E-state index contributed by atoms with van der Waals surface area (Å²) in [6, 6.07) is 0. The SMILES string of the molecule is CCC(C)(C)C(=O)OCC(F)(F)C(F)(F)CC(F)(F)C(F)(F)C(F)F. The average Bonchev–Trinajstić information content (AvgIpc) is 2.42. The molecule has 0 aliphatic rings. The van der Waals surface area contributed by atoms with Gasteiger partial charge in [-0.1, -0.05) is 6.92 Å². The van der Waals surface area contributed by atoms with Gasteiger partial charge in [-0.15, -0.1) is 0 Å². The average molecular weight is 394 g/mol. The third-order valence-corrected chi connectivity index (χ3v) is 3.56. The number of alkyl halides is 10. The van der Waals surface area contributed by atoms with Crippen LogP contribution in [0.25, 0.3) is 0 Å². The fourth-order valence-corrected chi connectivity index (χ4v) is 1.29. The van der Waals surface area contributed by atoms with Crippen LogP contribution in [-0.4, -0.2) is 42.7 Å². The first kappa shape index (κ1) is 23.8. The predicted octanol–water partition coefficient (Wildman–Crippen LogP) is 5.16. The lowest BCUT2D eigenvalue weighted by Crippen LogP contribution is -2.54. The number of esters is 1. The van der Waals surface area contributed by atoms with Crippen molar-refractivity contribution in [1.29, 1.82) is 0 Å². The van der Waals surface area contributed by atoms with Crippen molar-refractivity contribution in [2.75, 3.05) is 6.61 Å². The molecule has 0 N–H and O–H groups in total. The fraction of sp³-hybridized carbons (Fsp3) is 0.923. The van der Waals surface area contributed by atoms with Gasteiger partial charge < -0.3 is 4.74 Å². The maximum absolute atomic E-state index is 13.4. The molecule has 0 aromatic rings. The third kappa shape index (κ3) is 5.13. The van der Waals surface area contributed by atoms with Gasteiger partial charge in [0.2, 0.25) is 0 Å². The number of halogens is 10. The molecule has 0 saturated heterocycles. The van der Waals surface area contributed by atoms with E-state index < -0.39 is 54.5 Å². The van der Waals surface area contributed by atoms with Crippen LogP contribution in [0.5, 0.6) is 0 Å². The monoisotopic (exact) mass is 394 g/mol. The second kappa shape index (κ2) is 7.18. The van der Waals surface area contributed by atoms with Gasteiger partial charge in [-0.05, 0) is 20.3 Å². The summed E-state index contributed by atoms with van der Waals surface area (Å²) in [5.74, 6) is -25.0. The first-order valence-electron chi connectivity index (χ1n) is 6.81. The van der Waals surface area contributed by atoms with Crippen LogP contribution in [0.2, 0.25) is 0 Å². The first-order valence-corrected chi connectivity index (χ1v) is 6.81. The molecule has 2 nitrogen and oxygen atoms in total. The second-order valence-electron chi connectivity index (χ2n) is 6.03. The van der Waals surface area contributed by atoms with Gasteiger partial charge in [0.1, 0.15) is 0 Å². The van der Waals surface area contributed by atoms with E-state index in [1.165, 1.54) is 20.8 Å². The van der Waals surface area contributed by atoms with Gasteiger partial charge in [0.15, 0.2) is 6.61 Å². The van der Waals surface area contributed by atoms with E-state index in [2.05, 4.69) is 4.74 Å². The number of hydrogen-bond acceptors (Lipinski definition) is 2. The Hall–Kier alpha value is -1.23. The molecule has 0 amide bonds. The molecule has 0 spiro atoms. The van der Waals surface area contributed by atoms with Crippen LogP contribution in [0.3, 0.4) is 0 Å². The van der Waals surface area contributed by atoms with E-state index in [0.717, 1.165) is 0 Å². The minimum Gasteiger partial charge on any atom is -0.459 e. The van der Waals surface area contributed by atoms with Gasteiger partial charge in [0.25, 0.3) is 0 Å². The standard InChI is InChI=1S/C13H16F10O2/c1-4-9(2,3)8(24)25-6-12(20,21)10(16,17)5-11(18,19)13(22,23)7(14)15/h7H,4-6H2,1-3H3. The van der Waals surface area contributed by atoms with Crippen molar-refractivity contribution in [3.8, 4) is 0 Å². The van der Waals surface area contributed by atoms with Crippen molar-refractivity contribution in [2.45, 2.75) is 63.7 Å². The number of ether oxygens (including phenoxy) is 1. The third-order valence-electron chi connectivity index (χ3n) is 3.56. The molecule has 0 saturated carbocycles. The zero-order valence-corrected chi connectivity index (χ0v) is 13.3. The second-order valence-corrected chi connectivity index (χ2v) is 6.03. The molecule has 0 aliphatic heterocycles. The summed E-state index contributed by atoms with van der Waals surface area (Å²) in [5.41, 5.74) is -1.35. The molecule has 0 radical (unpaired) electrons. The summed E-state index contributed by atoms with van der Waals surface area (Å²) >= 11 is 0. The Morgan fingerprint density at radius 3 is 1.68 bits per heavy atom. The zero-order chi connectivity index (χ0) is 20.5. The number of rotatable bonds is 9. The molecule has 12 heteroatoms. The van der Waals surface area contributed by atoms with Crippen molar-refractivity contribution < 1.29 is 53.4 Å². The Labute approximate surface area is 136 Å². The summed E-state index contributed by atoms with van der Waals surface area (Å²) in [7, 11) is 0. The molecule has 0 aliphatic carbocycles. The van der Waals surface area contributed by atoms with E-state index in [1.807, 2.05) is 0 Å². The Morgan fingerprint density at radius 1 is 0.880 bits per heavy atom. The van der Waals surface area contributed by atoms with E-state index >= 15 is 0 Å². The van der Waals surface area contributed by atoms with E-state index in [1.54, 1.807) is 0 Å². The lowest BCUT2D eigenvalue weighted by Gasteiger charge is -2.33. The number of carbonyl (C=O) groups is 1. The van der Waals surface area contributed by atoms with Crippen LogP contribution in [-0.2, 0) is 9.53 Å². The van der Waals surface area contributed by atoms with E-state index in [0.29, 0.717) is 0 Å². The van der Waals surface area contributed by atoms with Crippen molar-refractivity contribution in [2.24, 2.45) is 5.41 Å². The minimum atomic E-state index is -6.24. The Balaban J connectivity index is 5.26. The largest absolute Gasteiger partial charge is 0.459 e. The molecule has 150 valence electrons. The highest BCUT2D eigenvalue weighted by Gasteiger charge is 2.70. The Morgan fingerprint density at radius 2 is 1.32 bits per heavy atom. The fourth-order valence-electron chi connectivity index (χ4n) is 1.29. The zero-order valence-electron chi connectivity index (χ0n) is 13.3. The number of hydrogen-bond donors (Lipinski definition) is 0. The van der Waals surface area contributed by atoms with Crippen molar-refractivity contribution in [1.82, 2.24) is 0 Å². The van der Waals surface area contributed by atoms with E-state index in [4.69, 9.17) is 0 Å². The molecule has 0 unspecified atom stereocenters. The molecule has 0 rings (SSSR count). The highest BCUT2D eigenvalue weighted by molar-refractivity contribution is 5.75. The predicted molar refractivity (Wildman–Crippen MR) is 65.4 cm³/mol. The summed E-state index contributed by atoms with van der Waals surface area (Å²) in [6.07, 6.45) is -8.54. The normalized spacial score (nSPS) is 14.8. The van der Waals surface area contributed by atoms with Crippen molar-refractivity contribution >= 4 is 5.97 Å². The molecular weight excluding hydrogens is 378 g/mol. The molecular formula is C13H16F10O2. The van der Waals surface area contributed by atoms with Crippen molar-refractivity contribution in [3.63, 3.8) is 0 Å². The van der Waals surface area contributed by atoms with Gasteiger partial charge in [-0.25, -0.2) is 8.78 Å². The summed E-state index contributed by atoms with van der Waals surface area (Å²) in [6.45, 7) is 1.52. The van der Waals surface area contributed by atoms with E-state index in [9.17, 15) is 48.7 Å². The maximum atomic E-state index is 13.4. The van der Waals surface area contributed by atoms with Crippen molar-refractivity contribution in [3.05, 3.63) is 0 Å². The molecule has 0 atom stereocenters. The van der Waals surface area contributed by atoms with Gasteiger partial charge in [0, 0.05) is 0 Å². The topological polar surface area (TPSA) is 26.3 Å². The molecule has 0 fully saturated rings. The van der Waals surface area contributed by atoms with E-state index in [-0.39, 0.29) is 6.42 Å². The molecule has 0 bridgehead atoms. The molecule has 0 aromatic heterocycles. The van der Waals surface area contributed by atoms with Crippen LogP contribution >= 0.6 is 0 Å². The lowest BCUT2D eigenvalue weighted by molar-refractivity contribution is -0.310. The van der Waals surface area contributed by atoms with Gasteiger partial charge in [-0.2, -0.15) is 35.1 Å². The summed E-state index contributed by atoms with van der Waals surface area (Å²) < 4.78 is 132. The Kier molecular flexibility index (Phi) is 6.83. The van der Waals surface area contributed by atoms with Gasteiger partial charge in [0.05, 0.1) is 11.8 Å². The highest BCUT2D eigenvalue weighted by Crippen LogP contribution is 2.49. The number of carbonyl (C=O) groups excluding carboxylic acids is 1. The summed E-state index contributed by atoms with van der Waals surface area (Å²) in [4.78, 5) is 11.4. The minimum absolute atomic E-state index is 0.0620. The molecule has 0 aromatic carbocycles. The smallest absolute Gasteiger partial charge is 0.369 e. The molecule has 0 heterocycles. The van der Waals surface area contributed by atoms with Crippen LogP contribution in [0.1, 0.15) is 33.6 Å². The van der Waals surface area contributed by atoms with Crippen LogP contribution in [0.4, 0.5) is 43.9 Å². The lowest BCUT2D eigenvalue weighted by atomic mass is 9.90. The maximum Gasteiger partial charge on any atom is 0.369 e. The van der Waals surface area contributed by atoms with Crippen LogP contribution in [0.15, 0.2) is 0 Å². The van der Waals surface area contributed by atoms with Gasteiger partial charge in [-0.3, -0.25) is 4.79 Å².